The summed E-state index contributed by atoms with van der Waals surface area (Å²) in [5.74, 6) is 0.285. The molecule has 0 bridgehead atoms. The Labute approximate surface area is 101 Å². The van der Waals surface area contributed by atoms with E-state index in [9.17, 15) is 5.11 Å². The Morgan fingerprint density at radius 1 is 0.941 bits per heavy atom. The van der Waals surface area contributed by atoms with Crippen LogP contribution in [0.2, 0.25) is 0 Å². The minimum atomic E-state index is 0.285. The fraction of sp³-hybridized carbons (Fsp3) is 0.0667. The molecule has 0 spiro atoms. The Kier molecular flexibility index (Phi) is 3.46. The molecule has 0 heterocycles. The van der Waals surface area contributed by atoms with Crippen LogP contribution >= 0.6 is 0 Å². The van der Waals surface area contributed by atoms with E-state index >= 15 is 0 Å². The molecule has 2 aromatic carbocycles. The first-order valence-corrected chi connectivity index (χ1v) is 5.51. The number of phenols is 1. The normalized spacial score (nSPS) is 10.6. The van der Waals surface area contributed by atoms with Crippen molar-refractivity contribution in [2.45, 2.75) is 0 Å². The SMILES string of the molecule is CN(C=Cc1ccccc1)c1ccccc1O. The van der Waals surface area contributed by atoms with Crippen LogP contribution in [-0.4, -0.2) is 12.2 Å². The molecule has 0 aliphatic heterocycles. The number of aromatic hydroxyl groups is 1. The molecule has 2 aromatic rings. The number of para-hydroxylation sites is 2. The molecule has 0 aliphatic rings. The Hall–Kier alpha value is -2.22. The van der Waals surface area contributed by atoms with Gasteiger partial charge in [0.1, 0.15) is 5.75 Å². The summed E-state index contributed by atoms with van der Waals surface area (Å²) in [5.41, 5.74) is 1.93. The van der Waals surface area contributed by atoms with Crippen molar-refractivity contribution >= 4 is 11.8 Å². The third-order valence-corrected chi connectivity index (χ3v) is 2.55. The van der Waals surface area contributed by atoms with Crippen LogP contribution in [0.3, 0.4) is 0 Å². The lowest BCUT2D eigenvalue weighted by Gasteiger charge is -2.15. The molecule has 0 aromatic heterocycles. The molecule has 2 rings (SSSR count). The molecule has 0 atom stereocenters. The summed E-state index contributed by atoms with van der Waals surface area (Å²) in [6.45, 7) is 0. The van der Waals surface area contributed by atoms with Crippen LogP contribution in [0.25, 0.3) is 6.08 Å². The summed E-state index contributed by atoms with van der Waals surface area (Å²) in [5, 5.41) is 9.70. The highest BCUT2D eigenvalue weighted by atomic mass is 16.3. The first-order chi connectivity index (χ1) is 8.27. The van der Waals surface area contributed by atoms with Crippen LogP contribution in [0.4, 0.5) is 5.69 Å². The van der Waals surface area contributed by atoms with Crippen molar-refractivity contribution in [3.05, 3.63) is 66.4 Å². The summed E-state index contributed by atoms with van der Waals surface area (Å²) >= 11 is 0. The predicted molar refractivity (Wildman–Crippen MR) is 72.0 cm³/mol. The van der Waals surface area contributed by atoms with Crippen LogP contribution in [0.1, 0.15) is 5.56 Å². The van der Waals surface area contributed by atoms with E-state index in [4.69, 9.17) is 0 Å². The zero-order chi connectivity index (χ0) is 12.1. The number of nitrogens with zero attached hydrogens (tertiary/aromatic N) is 1. The molecule has 0 saturated carbocycles. The second kappa shape index (κ2) is 5.21. The van der Waals surface area contributed by atoms with Crippen LogP contribution in [0, 0.1) is 0 Å². The van der Waals surface area contributed by atoms with Crippen molar-refractivity contribution < 1.29 is 5.11 Å². The van der Waals surface area contributed by atoms with Gasteiger partial charge in [-0.3, -0.25) is 0 Å². The molecular weight excluding hydrogens is 210 g/mol. The topological polar surface area (TPSA) is 23.5 Å². The summed E-state index contributed by atoms with van der Waals surface area (Å²) in [6, 6.07) is 17.3. The van der Waals surface area contributed by atoms with Gasteiger partial charge in [-0.25, -0.2) is 0 Å². The Morgan fingerprint density at radius 2 is 1.59 bits per heavy atom. The van der Waals surface area contributed by atoms with Crippen molar-refractivity contribution in [1.82, 2.24) is 0 Å². The number of phenolic OH excluding ortho intramolecular Hbond substituents is 1. The second-order valence-corrected chi connectivity index (χ2v) is 3.83. The van der Waals surface area contributed by atoms with E-state index in [0.29, 0.717) is 0 Å². The predicted octanol–water partition coefficient (Wildman–Crippen LogP) is 3.50. The standard InChI is InChI=1S/C15H15NO/c1-16(14-9-5-6-10-15(14)17)12-11-13-7-3-2-4-8-13/h2-12,17H,1H3. The van der Waals surface area contributed by atoms with E-state index in [1.54, 1.807) is 6.07 Å². The smallest absolute Gasteiger partial charge is 0.139 e. The van der Waals surface area contributed by atoms with E-state index in [1.807, 2.05) is 72.8 Å². The summed E-state index contributed by atoms with van der Waals surface area (Å²) in [6.07, 6.45) is 3.94. The Bertz CT molecular complexity index is 505. The highest BCUT2D eigenvalue weighted by Crippen LogP contribution is 2.25. The zero-order valence-electron chi connectivity index (χ0n) is 9.75. The maximum absolute atomic E-state index is 9.70. The number of benzene rings is 2. The van der Waals surface area contributed by atoms with Gasteiger partial charge in [0, 0.05) is 13.2 Å². The molecule has 17 heavy (non-hydrogen) atoms. The van der Waals surface area contributed by atoms with Crippen LogP contribution in [0.5, 0.6) is 5.75 Å². The summed E-state index contributed by atoms with van der Waals surface area (Å²) < 4.78 is 0. The van der Waals surface area contributed by atoms with Gasteiger partial charge in [-0.2, -0.15) is 0 Å². The summed E-state index contributed by atoms with van der Waals surface area (Å²) in [4.78, 5) is 1.89. The molecule has 0 aliphatic carbocycles. The average Bonchev–Trinajstić information content (AvgIpc) is 2.38. The average molecular weight is 225 g/mol. The fourth-order valence-electron chi connectivity index (χ4n) is 1.60. The van der Waals surface area contributed by atoms with Gasteiger partial charge in [-0.15, -0.1) is 0 Å². The molecular formula is C15H15NO. The first kappa shape index (κ1) is 11.3. The number of anilines is 1. The Morgan fingerprint density at radius 3 is 2.29 bits per heavy atom. The third-order valence-electron chi connectivity index (χ3n) is 2.55. The van der Waals surface area contributed by atoms with Gasteiger partial charge < -0.3 is 10.0 Å². The molecule has 0 fully saturated rings. The minimum Gasteiger partial charge on any atom is -0.506 e. The third kappa shape index (κ3) is 2.88. The molecule has 0 unspecified atom stereocenters. The van der Waals surface area contributed by atoms with Crippen molar-refractivity contribution in [1.29, 1.82) is 0 Å². The van der Waals surface area contributed by atoms with Crippen LogP contribution in [-0.2, 0) is 0 Å². The molecule has 2 heteroatoms. The first-order valence-electron chi connectivity index (χ1n) is 5.51. The van der Waals surface area contributed by atoms with Gasteiger partial charge in [-0.1, -0.05) is 42.5 Å². The monoisotopic (exact) mass is 225 g/mol. The second-order valence-electron chi connectivity index (χ2n) is 3.83. The zero-order valence-corrected chi connectivity index (χ0v) is 9.75. The molecule has 86 valence electrons. The fourth-order valence-corrected chi connectivity index (χ4v) is 1.60. The van der Waals surface area contributed by atoms with Crippen molar-refractivity contribution in [2.24, 2.45) is 0 Å². The van der Waals surface area contributed by atoms with Gasteiger partial charge in [0.2, 0.25) is 0 Å². The number of rotatable bonds is 3. The Balaban J connectivity index is 2.15. The molecule has 0 amide bonds. The summed E-state index contributed by atoms with van der Waals surface area (Å²) in [7, 11) is 1.91. The van der Waals surface area contributed by atoms with Crippen LogP contribution < -0.4 is 4.90 Å². The van der Waals surface area contributed by atoms with Gasteiger partial charge in [0.25, 0.3) is 0 Å². The quantitative estimate of drug-likeness (QED) is 0.864. The molecule has 1 N–H and O–H groups in total. The largest absolute Gasteiger partial charge is 0.506 e. The van der Waals surface area contributed by atoms with Crippen molar-refractivity contribution in [3.63, 3.8) is 0 Å². The molecule has 0 radical (unpaired) electrons. The maximum Gasteiger partial charge on any atom is 0.139 e. The highest BCUT2D eigenvalue weighted by molar-refractivity contribution is 5.62. The minimum absolute atomic E-state index is 0.285. The molecule has 2 nitrogen and oxygen atoms in total. The van der Waals surface area contributed by atoms with E-state index < -0.39 is 0 Å². The molecule has 0 saturated heterocycles. The van der Waals surface area contributed by atoms with E-state index in [0.717, 1.165) is 11.3 Å². The van der Waals surface area contributed by atoms with E-state index in [-0.39, 0.29) is 5.75 Å². The van der Waals surface area contributed by atoms with Crippen molar-refractivity contribution in [2.75, 3.05) is 11.9 Å². The lowest BCUT2D eigenvalue weighted by atomic mass is 10.2. The van der Waals surface area contributed by atoms with Crippen LogP contribution in [0.15, 0.2) is 60.8 Å². The maximum atomic E-state index is 9.70. The lowest BCUT2D eigenvalue weighted by molar-refractivity contribution is 0.476. The number of hydrogen-bond acceptors (Lipinski definition) is 2. The van der Waals surface area contributed by atoms with Crippen molar-refractivity contribution in [3.8, 4) is 5.75 Å². The lowest BCUT2D eigenvalue weighted by Crippen LogP contribution is -2.07. The number of hydrogen-bond donors (Lipinski definition) is 1. The van der Waals surface area contributed by atoms with Gasteiger partial charge in [-0.05, 0) is 23.8 Å². The van der Waals surface area contributed by atoms with Gasteiger partial charge >= 0.3 is 0 Å². The highest BCUT2D eigenvalue weighted by Gasteiger charge is 2.01. The van der Waals surface area contributed by atoms with Gasteiger partial charge in [0.05, 0.1) is 5.69 Å². The van der Waals surface area contributed by atoms with Gasteiger partial charge in [0.15, 0.2) is 0 Å². The van der Waals surface area contributed by atoms with E-state index in [2.05, 4.69) is 0 Å². The van der Waals surface area contributed by atoms with E-state index in [1.165, 1.54) is 0 Å².